The lowest BCUT2D eigenvalue weighted by Crippen LogP contribution is -2.43. The molecule has 1 aromatic rings. The first-order valence-corrected chi connectivity index (χ1v) is 11.3. The number of carbonyl (C=O) groups is 2. The molecule has 0 bridgehead atoms. The molecule has 3 N–H and O–H groups in total. The Labute approximate surface area is 195 Å². The van der Waals surface area contributed by atoms with Gasteiger partial charge < -0.3 is 19.9 Å². The number of hydrogen-bond donors (Lipinski definition) is 3. The molecule has 33 heavy (non-hydrogen) atoms. The Morgan fingerprint density at radius 2 is 2.12 bits per heavy atom. The lowest BCUT2D eigenvalue weighted by molar-refractivity contribution is 0.0958. The van der Waals surface area contributed by atoms with Crippen LogP contribution in [-0.2, 0) is 17.7 Å². The number of allylic oxidation sites excluding steroid dienone is 3. The molecule has 1 unspecified atom stereocenters. The largest absolute Gasteiger partial charge is 0.450 e. The van der Waals surface area contributed by atoms with Crippen LogP contribution in [0.5, 0.6) is 0 Å². The molecule has 1 atom stereocenters. The van der Waals surface area contributed by atoms with Gasteiger partial charge in [-0.3, -0.25) is 20.6 Å². The van der Waals surface area contributed by atoms with Gasteiger partial charge in [0.2, 0.25) is 0 Å². The highest BCUT2D eigenvalue weighted by atomic mass is 16.6. The van der Waals surface area contributed by atoms with E-state index >= 15 is 0 Å². The number of nitrogens with one attached hydrogen (secondary N) is 3. The highest BCUT2D eigenvalue weighted by molar-refractivity contribution is 6.03. The number of aromatic nitrogens is 1. The summed E-state index contributed by atoms with van der Waals surface area (Å²) in [6.07, 6.45) is 9.71. The molecule has 1 aromatic heterocycles. The minimum atomic E-state index is -0.600. The third kappa shape index (κ3) is 4.67. The van der Waals surface area contributed by atoms with Gasteiger partial charge in [0.25, 0.3) is 5.91 Å². The Morgan fingerprint density at radius 3 is 2.85 bits per heavy atom. The number of amides is 2. The van der Waals surface area contributed by atoms with Gasteiger partial charge >= 0.3 is 6.09 Å². The maximum absolute atomic E-state index is 13.0. The molecule has 4 rings (SSSR count). The summed E-state index contributed by atoms with van der Waals surface area (Å²) < 4.78 is 5.10. The van der Waals surface area contributed by atoms with Crippen LogP contribution < -0.4 is 5.32 Å². The summed E-state index contributed by atoms with van der Waals surface area (Å²) in [5.74, 6) is 0.535. The number of amidine groups is 2. The van der Waals surface area contributed by atoms with Crippen LogP contribution in [0.4, 0.5) is 4.79 Å². The Hall–Kier alpha value is -3.49. The Morgan fingerprint density at radius 1 is 1.30 bits per heavy atom. The summed E-state index contributed by atoms with van der Waals surface area (Å²) in [5.41, 5.74) is 2.31. The third-order valence-corrected chi connectivity index (χ3v) is 6.38. The first-order chi connectivity index (χ1) is 15.8. The van der Waals surface area contributed by atoms with E-state index in [0.717, 1.165) is 17.5 Å². The maximum atomic E-state index is 13.0. The first-order valence-electron chi connectivity index (χ1n) is 11.3. The van der Waals surface area contributed by atoms with Gasteiger partial charge in [0.05, 0.1) is 6.61 Å². The normalized spacial score (nSPS) is 22.0. The third-order valence-electron chi connectivity index (χ3n) is 6.38. The highest BCUT2D eigenvalue weighted by Crippen LogP contribution is 2.34. The second-order valence-corrected chi connectivity index (χ2v) is 8.86. The van der Waals surface area contributed by atoms with Crippen LogP contribution in [0.3, 0.4) is 0 Å². The second-order valence-electron chi connectivity index (χ2n) is 8.86. The summed E-state index contributed by atoms with van der Waals surface area (Å²) in [5, 5.41) is 19.7. The fourth-order valence-corrected chi connectivity index (χ4v) is 4.51. The van der Waals surface area contributed by atoms with Crippen LogP contribution in [0.25, 0.3) is 0 Å². The van der Waals surface area contributed by atoms with Crippen molar-refractivity contribution in [2.75, 3.05) is 19.7 Å². The lowest BCUT2D eigenvalue weighted by atomic mass is 9.80. The van der Waals surface area contributed by atoms with Crippen LogP contribution in [0, 0.1) is 16.2 Å². The quantitative estimate of drug-likeness (QED) is 0.477. The van der Waals surface area contributed by atoms with Gasteiger partial charge in [-0.1, -0.05) is 12.2 Å². The minimum absolute atomic E-state index is 0. The van der Waals surface area contributed by atoms with Gasteiger partial charge in [-0.15, -0.1) is 0 Å². The number of pyridine rings is 1. The van der Waals surface area contributed by atoms with Crippen LogP contribution in [0.2, 0.25) is 0 Å². The molecule has 9 nitrogen and oxygen atoms in total. The molecule has 2 aliphatic heterocycles. The van der Waals surface area contributed by atoms with E-state index in [9.17, 15) is 9.59 Å². The summed E-state index contributed by atoms with van der Waals surface area (Å²) >= 11 is 0. The van der Waals surface area contributed by atoms with E-state index in [1.54, 1.807) is 29.0 Å². The Balaban J connectivity index is 0.00000324. The van der Waals surface area contributed by atoms with E-state index in [1.807, 2.05) is 25.2 Å². The number of hydrogen-bond acceptors (Lipinski definition) is 6. The summed E-state index contributed by atoms with van der Waals surface area (Å²) in [4.78, 5) is 32.8. The average molecular weight is 453 g/mol. The predicted octanol–water partition coefficient (Wildman–Crippen LogP) is 3.47. The molecule has 1 fully saturated rings. The van der Waals surface area contributed by atoms with E-state index in [1.165, 1.54) is 0 Å². The smallest absolute Gasteiger partial charge is 0.410 e. The zero-order valence-electron chi connectivity index (χ0n) is 19.1. The summed E-state index contributed by atoms with van der Waals surface area (Å²) in [6.45, 7) is 5.70. The van der Waals surface area contributed by atoms with Gasteiger partial charge in [0.1, 0.15) is 17.4 Å². The molecule has 176 valence electrons. The molecular formula is C24H32N6O3. The zero-order valence-corrected chi connectivity index (χ0v) is 19.1. The summed E-state index contributed by atoms with van der Waals surface area (Å²) in [7, 11) is 0. The van der Waals surface area contributed by atoms with Crippen LogP contribution in [0.15, 0.2) is 36.2 Å². The van der Waals surface area contributed by atoms with Crippen molar-refractivity contribution in [3.63, 3.8) is 0 Å². The molecule has 0 saturated carbocycles. The van der Waals surface area contributed by atoms with Gasteiger partial charge in [-0.2, -0.15) is 0 Å². The monoisotopic (exact) mass is 452 g/mol. The van der Waals surface area contributed by atoms with Crippen LogP contribution in [-0.4, -0.2) is 58.2 Å². The molecule has 3 heterocycles. The standard InChI is InChI=1S/C24H30N6O3.H2/c1-3-33-23(32)29-11-8-16-14-27-19(12-17(16)15-29)21(31)28-18-6-4-9-24(2,13-18)22(26)30-10-5-7-20(30)25;/h4,6,9,12,14,25-26H,3,5,7-8,10-11,13,15H2,1-2H3,(H,28,31);1H. The number of likely N-dealkylation sites (tertiary alicyclic amines) is 1. The van der Waals surface area contributed by atoms with E-state index in [2.05, 4.69) is 10.3 Å². The summed E-state index contributed by atoms with van der Waals surface area (Å²) in [6, 6.07) is 1.74. The van der Waals surface area contributed by atoms with Crippen molar-refractivity contribution in [3.05, 3.63) is 53.0 Å². The fraction of sp³-hybridized carbons (Fsp3) is 0.458. The predicted molar refractivity (Wildman–Crippen MR) is 126 cm³/mol. The number of nitrogens with zero attached hydrogens (tertiary/aromatic N) is 3. The molecule has 1 aliphatic carbocycles. The molecule has 1 saturated heterocycles. The Bertz CT molecular complexity index is 1070. The van der Waals surface area contributed by atoms with Crippen molar-refractivity contribution >= 4 is 23.7 Å². The number of ether oxygens (including phenoxy) is 1. The van der Waals surface area contributed by atoms with Crippen molar-refractivity contribution in [3.8, 4) is 0 Å². The zero-order chi connectivity index (χ0) is 23.6. The number of carbonyl (C=O) groups excluding carboxylic acids is 2. The topological polar surface area (TPSA) is 122 Å². The maximum Gasteiger partial charge on any atom is 0.410 e. The van der Waals surface area contributed by atoms with Crippen molar-refractivity contribution in [2.24, 2.45) is 5.41 Å². The van der Waals surface area contributed by atoms with E-state index in [-0.39, 0.29) is 19.1 Å². The first kappa shape index (κ1) is 22.7. The van der Waals surface area contributed by atoms with Crippen LogP contribution in [0.1, 0.15) is 56.2 Å². The number of rotatable bonds is 4. The van der Waals surface area contributed by atoms with Gasteiger partial charge in [-0.05, 0) is 50.0 Å². The second kappa shape index (κ2) is 9.17. The SMILES string of the molecule is CCOC(=O)N1CCc2cnc(C(=O)NC3=CC=CC(C)(C(=N)N4CCCC4=N)C3)cc2C1.[HH]. The van der Waals surface area contributed by atoms with Crippen LogP contribution >= 0.6 is 0 Å². The number of fused-ring (bicyclic) bond motifs is 1. The van der Waals surface area contributed by atoms with Gasteiger partial charge in [-0.25, -0.2) is 4.79 Å². The molecular weight excluding hydrogens is 420 g/mol. The molecule has 3 aliphatic rings. The van der Waals surface area contributed by atoms with E-state index in [0.29, 0.717) is 62.9 Å². The van der Waals surface area contributed by atoms with E-state index in [4.69, 9.17) is 15.6 Å². The molecule has 0 aromatic carbocycles. The average Bonchev–Trinajstić information content (AvgIpc) is 3.23. The van der Waals surface area contributed by atoms with Crippen molar-refractivity contribution < 1.29 is 15.8 Å². The fourth-order valence-electron chi connectivity index (χ4n) is 4.51. The van der Waals surface area contributed by atoms with Gasteiger partial charge in [0.15, 0.2) is 0 Å². The molecule has 9 heteroatoms. The Kier molecular flexibility index (Phi) is 6.31. The van der Waals surface area contributed by atoms with Crippen molar-refractivity contribution in [2.45, 2.75) is 46.1 Å². The van der Waals surface area contributed by atoms with Crippen molar-refractivity contribution in [1.82, 2.24) is 20.1 Å². The van der Waals surface area contributed by atoms with Crippen molar-refractivity contribution in [1.29, 1.82) is 10.8 Å². The minimum Gasteiger partial charge on any atom is -0.450 e. The lowest BCUT2D eigenvalue weighted by Gasteiger charge is -2.35. The molecule has 0 radical (unpaired) electrons. The molecule has 2 amide bonds. The molecule has 0 spiro atoms. The highest BCUT2D eigenvalue weighted by Gasteiger charge is 2.36. The van der Waals surface area contributed by atoms with Gasteiger partial charge in [0, 0.05) is 51.2 Å². The van der Waals surface area contributed by atoms with E-state index < -0.39 is 5.41 Å².